The molecule has 0 bridgehead atoms. The topological polar surface area (TPSA) is 76.4 Å². The molecule has 1 amide bonds. The maximum absolute atomic E-state index is 12.3. The number of hydrogen-bond acceptors (Lipinski definition) is 5. The molecule has 2 N–H and O–H groups in total. The minimum absolute atomic E-state index is 0.00620. The molecule has 0 aliphatic carbocycles. The lowest BCUT2D eigenvalue weighted by Gasteiger charge is -2.37. The van der Waals surface area contributed by atoms with Gasteiger partial charge in [0.2, 0.25) is 0 Å². The molecule has 1 aromatic rings. The van der Waals surface area contributed by atoms with Crippen LogP contribution in [0.5, 0.6) is 0 Å². The fourth-order valence-corrected chi connectivity index (χ4v) is 2.73. The lowest BCUT2D eigenvalue weighted by atomic mass is 9.79. The molecule has 1 aliphatic rings. The molecule has 2 heterocycles. The van der Waals surface area contributed by atoms with Crippen LogP contribution in [0, 0.1) is 5.41 Å². The van der Waals surface area contributed by atoms with Crippen LogP contribution in [-0.4, -0.2) is 44.4 Å². The van der Waals surface area contributed by atoms with Crippen molar-refractivity contribution in [3.63, 3.8) is 0 Å². The average molecular weight is 309 g/mol. The smallest absolute Gasteiger partial charge is 0.273 e. The van der Waals surface area contributed by atoms with Gasteiger partial charge in [-0.25, -0.2) is 0 Å². The molecule has 22 heavy (non-hydrogen) atoms. The highest BCUT2D eigenvalue weighted by Gasteiger charge is 2.33. The minimum Gasteiger partial charge on any atom is -0.384 e. The second-order valence-corrected chi connectivity index (χ2v) is 7.19. The Morgan fingerprint density at radius 1 is 1.45 bits per heavy atom. The van der Waals surface area contributed by atoms with Crippen LogP contribution < -0.4 is 10.6 Å². The number of nitrogens with one attached hydrogen (secondary N) is 2. The Labute approximate surface area is 132 Å². The molecule has 2 rings (SSSR count). The lowest BCUT2D eigenvalue weighted by molar-refractivity contribution is 0.0510. The molecule has 1 saturated heterocycles. The monoisotopic (exact) mass is 309 g/mol. The fourth-order valence-electron chi connectivity index (χ4n) is 2.73. The summed E-state index contributed by atoms with van der Waals surface area (Å²) in [4.78, 5) is 12.3. The molecule has 0 radical (unpaired) electrons. The molecule has 6 nitrogen and oxygen atoms in total. The Bertz CT molecular complexity index is 493. The molecule has 0 unspecified atom stereocenters. The highest BCUT2D eigenvalue weighted by atomic mass is 16.5. The van der Waals surface area contributed by atoms with Crippen LogP contribution >= 0.6 is 0 Å². The van der Waals surface area contributed by atoms with Gasteiger partial charge in [-0.05, 0) is 25.9 Å². The molecule has 1 aliphatic heterocycles. The third-order valence-electron chi connectivity index (χ3n) is 4.22. The number of rotatable bonds is 5. The van der Waals surface area contributed by atoms with Crippen LogP contribution in [-0.2, 0) is 10.2 Å². The summed E-state index contributed by atoms with van der Waals surface area (Å²) in [6, 6.07) is 1.72. The second kappa shape index (κ2) is 6.79. The number of amides is 1. The van der Waals surface area contributed by atoms with E-state index in [9.17, 15) is 4.79 Å². The van der Waals surface area contributed by atoms with E-state index in [4.69, 9.17) is 9.26 Å². The molecule has 124 valence electrons. The molecule has 1 aromatic heterocycles. The first-order valence-electron chi connectivity index (χ1n) is 7.81. The first-order valence-corrected chi connectivity index (χ1v) is 7.81. The van der Waals surface area contributed by atoms with Gasteiger partial charge in [-0.3, -0.25) is 4.79 Å². The average Bonchev–Trinajstić information content (AvgIpc) is 2.96. The van der Waals surface area contributed by atoms with E-state index in [2.05, 4.69) is 15.8 Å². The lowest BCUT2D eigenvalue weighted by Crippen LogP contribution is -2.47. The summed E-state index contributed by atoms with van der Waals surface area (Å²) < 4.78 is 10.6. The van der Waals surface area contributed by atoms with E-state index in [1.165, 1.54) is 0 Å². The van der Waals surface area contributed by atoms with Gasteiger partial charge in [0, 0.05) is 30.6 Å². The van der Waals surface area contributed by atoms with Gasteiger partial charge in [-0.2, -0.15) is 0 Å². The zero-order valence-electron chi connectivity index (χ0n) is 14.0. The Kier molecular flexibility index (Phi) is 5.24. The van der Waals surface area contributed by atoms with Crippen LogP contribution in [0.2, 0.25) is 0 Å². The summed E-state index contributed by atoms with van der Waals surface area (Å²) >= 11 is 0. The zero-order valence-corrected chi connectivity index (χ0v) is 14.0. The Morgan fingerprint density at radius 2 is 2.14 bits per heavy atom. The summed E-state index contributed by atoms with van der Waals surface area (Å²) in [5.74, 6) is 0.527. The van der Waals surface area contributed by atoms with Crippen LogP contribution in [0.1, 0.15) is 49.9 Å². The first-order chi connectivity index (χ1) is 10.4. The maximum atomic E-state index is 12.3. The van der Waals surface area contributed by atoms with Crippen molar-refractivity contribution in [1.29, 1.82) is 0 Å². The third kappa shape index (κ3) is 4.08. The normalized spacial score (nSPS) is 18.2. The summed E-state index contributed by atoms with van der Waals surface area (Å²) in [6.45, 7) is 9.24. The second-order valence-electron chi connectivity index (χ2n) is 7.19. The van der Waals surface area contributed by atoms with Gasteiger partial charge < -0.3 is 19.9 Å². The van der Waals surface area contributed by atoms with Crippen molar-refractivity contribution >= 4 is 5.91 Å². The predicted octanol–water partition coefficient (Wildman–Crippen LogP) is 1.72. The summed E-state index contributed by atoms with van der Waals surface area (Å²) in [5, 5.41) is 10.2. The summed E-state index contributed by atoms with van der Waals surface area (Å²) in [7, 11) is 1.71. The van der Waals surface area contributed by atoms with Crippen LogP contribution in [0.25, 0.3) is 0 Å². The van der Waals surface area contributed by atoms with E-state index in [-0.39, 0.29) is 16.7 Å². The van der Waals surface area contributed by atoms with Gasteiger partial charge in [0.25, 0.3) is 5.91 Å². The first kappa shape index (κ1) is 17.0. The van der Waals surface area contributed by atoms with Crippen molar-refractivity contribution in [2.45, 2.75) is 39.0 Å². The highest BCUT2D eigenvalue weighted by molar-refractivity contribution is 5.92. The number of ether oxygens (including phenoxy) is 1. The van der Waals surface area contributed by atoms with Gasteiger partial charge in [-0.15, -0.1) is 0 Å². The molecule has 0 atom stereocenters. The Hall–Kier alpha value is -1.40. The third-order valence-corrected chi connectivity index (χ3v) is 4.22. The van der Waals surface area contributed by atoms with E-state index >= 15 is 0 Å². The predicted molar refractivity (Wildman–Crippen MR) is 83.9 cm³/mol. The number of nitrogens with zero attached hydrogens (tertiary/aromatic N) is 1. The van der Waals surface area contributed by atoms with Crippen LogP contribution in [0.15, 0.2) is 10.6 Å². The molecule has 0 spiro atoms. The van der Waals surface area contributed by atoms with Gasteiger partial charge in [0.15, 0.2) is 5.69 Å². The van der Waals surface area contributed by atoms with E-state index in [0.29, 0.717) is 24.6 Å². The van der Waals surface area contributed by atoms with Crippen LogP contribution in [0.3, 0.4) is 0 Å². The number of aromatic nitrogens is 1. The van der Waals surface area contributed by atoms with E-state index in [0.717, 1.165) is 25.9 Å². The van der Waals surface area contributed by atoms with E-state index in [1.54, 1.807) is 13.2 Å². The van der Waals surface area contributed by atoms with E-state index in [1.807, 2.05) is 20.8 Å². The molecule has 6 heteroatoms. The van der Waals surface area contributed by atoms with Gasteiger partial charge >= 0.3 is 0 Å². The molecular weight excluding hydrogens is 282 g/mol. The summed E-state index contributed by atoms with van der Waals surface area (Å²) in [5.41, 5.74) is 0.191. The van der Waals surface area contributed by atoms with Crippen molar-refractivity contribution in [3.05, 3.63) is 17.5 Å². The van der Waals surface area contributed by atoms with Crippen molar-refractivity contribution in [1.82, 2.24) is 15.8 Å². The molecule has 1 fully saturated rings. The largest absolute Gasteiger partial charge is 0.384 e. The van der Waals surface area contributed by atoms with Gasteiger partial charge in [0.05, 0.1) is 6.61 Å². The number of carbonyl (C=O) groups excluding carboxylic acids is 1. The van der Waals surface area contributed by atoms with Gasteiger partial charge in [0.1, 0.15) is 5.76 Å². The standard InChI is InChI=1S/C16H27N3O3/c1-15(2,3)13-9-12(19-22-13)14(20)18-10-16(11-21-4)5-7-17-8-6-16/h9,17H,5-8,10-11H2,1-4H3,(H,18,20). The minimum atomic E-state index is -0.187. The number of hydrogen-bond donors (Lipinski definition) is 2. The quantitative estimate of drug-likeness (QED) is 0.866. The van der Waals surface area contributed by atoms with Crippen molar-refractivity contribution in [3.8, 4) is 0 Å². The highest BCUT2D eigenvalue weighted by Crippen LogP contribution is 2.28. The number of piperidine rings is 1. The van der Waals surface area contributed by atoms with Crippen molar-refractivity contribution < 1.29 is 14.1 Å². The summed E-state index contributed by atoms with van der Waals surface area (Å²) in [6.07, 6.45) is 1.99. The number of methoxy groups -OCH3 is 1. The number of carbonyl (C=O) groups is 1. The molecular formula is C16H27N3O3. The Balaban J connectivity index is 1.97. The fraction of sp³-hybridized carbons (Fsp3) is 0.750. The molecule has 0 aromatic carbocycles. The van der Waals surface area contributed by atoms with Crippen molar-refractivity contribution in [2.75, 3.05) is 33.4 Å². The van der Waals surface area contributed by atoms with Gasteiger partial charge in [-0.1, -0.05) is 25.9 Å². The molecule has 0 saturated carbocycles. The maximum Gasteiger partial charge on any atom is 0.273 e. The van der Waals surface area contributed by atoms with Crippen molar-refractivity contribution in [2.24, 2.45) is 5.41 Å². The zero-order chi connectivity index (χ0) is 16.2. The SMILES string of the molecule is COCC1(CNC(=O)c2cc(C(C)(C)C)on2)CCNCC1. The van der Waals surface area contributed by atoms with Crippen LogP contribution in [0.4, 0.5) is 0 Å². The van der Waals surface area contributed by atoms with E-state index < -0.39 is 0 Å². The Morgan fingerprint density at radius 3 is 2.68 bits per heavy atom.